The van der Waals surface area contributed by atoms with Crippen LogP contribution in [-0.4, -0.2) is 9.97 Å². The summed E-state index contributed by atoms with van der Waals surface area (Å²) in [5.41, 5.74) is 1.25. The molecule has 0 atom stereocenters. The van der Waals surface area contributed by atoms with E-state index in [9.17, 15) is 9.18 Å². The number of aromatic amines is 1. The van der Waals surface area contributed by atoms with Gasteiger partial charge in [0.2, 0.25) is 0 Å². The van der Waals surface area contributed by atoms with Crippen LogP contribution >= 0.6 is 0 Å². The van der Waals surface area contributed by atoms with Gasteiger partial charge in [-0.2, -0.15) is 0 Å². The second-order valence-electron chi connectivity index (χ2n) is 4.75. The van der Waals surface area contributed by atoms with Crippen molar-refractivity contribution in [1.29, 1.82) is 0 Å². The highest BCUT2D eigenvalue weighted by Crippen LogP contribution is 2.19. The first-order chi connectivity index (χ1) is 10.1. The standard InChI is InChI=1S/C16H13FN2O2/c1-10-6-7-12(17)14(8-10)21-9-15-18-13-5-3-2-4-11(13)16(20)19-15/h2-8H,9H2,1H3,(H,18,19,20). The number of H-pyrrole nitrogens is 1. The second kappa shape index (κ2) is 5.36. The molecule has 0 radical (unpaired) electrons. The zero-order valence-corrected chi connectivity index (χ0v) is 11.4. The Labute approximate surface area is 120 Å². The topological polar surface area (TPSA) is 55.0 Å². The number of ether oxygens (including phenoxy) is 1. The van der Waals surface area contributed by atoms with Crippen LogP contribution in [0.2, 0.25) is 0 Å². The third-order valence-electron chi connectivity index (χ3n) is 3.11. The van der Waals surface area contributed by atoms with E-state index in [1.807, 2.05) is 6.92 Å². The highest BCUT2D eigenvalue weighted by Gasteiger charge is 2.07. The molecule has 5 heteroatoms. The lowest BCUT2D eigenvalue weighted by Gasteiger charge is -2.08. The summed E-state index contributed by atoms with van der Waals surface area (Å²) in [7, 11) is 0. The third-order valence-corrected chi connectivity index (χ3v) is 3.11. The van der Waals surface area contributed by atoms with Gasteiger partial charge in [-0.25, -0.2) is 9.37 Å². The number of aryl methyl sites for hydroxylation is 1. The summed E-state index contributed by atoms with van der Waals surface area (Å²) in [6, 6.07) is 11.7. The van der Waals surface area contributed by atoms with Crippen molar-refractivity contribution in [2.45, 2.75) is 13.5 Å². The van der Waals surface area contributed by atoms with E-state index >= 15 is 0 Å². The molecule has 0 aliphatic carbocycles. The molecule has 0 unspecified atom stereocenters. The Kier molecular flexibility index (Phi) is 3.39. The van der Waals surface area contributed by atoms with E-state index < -0.39 is 5.82 Å². The largest absolute Gasteiger partial charge is 0.483 e. The van der Waals surface area contributed by atoms with Crippen molar-refractivity contribution in [3.05, 3.63) is 70.0 Å². The Morgan fingerprint density at radius 3 is 2.90 bits per heavy atom. The molecule has 0 bridgehead atoms. The van der Waals surface area contributed by atoms with Crippen LogP contribution in [0, 0.1) is 12.7 Å². The normalized spacial score (nSPS) is 10.8. The molecule has 3 rings (SSSR count). The van der Waals surface area contributed by atoms with Gasteiger partial charge in [0, 0.05) is 0 Å². The Morgan fingerprint density at radius 1 is 1.24 bits per heavy atom. The molecule has 1 aromatic heterocycles. The summed E-state index contributed by atoms with van der Waals surface area (Å²) in [6.07, 6.45) is 0. The Balaban J connectivity index is 1.88. The monoisotopic (exact) mass is 284 g/mol. The second-order valence-corrected chi connectivity index (χ2v) is 4.75. The molecule has 0 amide bonds. The fourth-order valence-electron chi connectivity index (χ4n) is 2.07. The van der Waals surface area contributed by atoms with Crippen molar-refractivity contribution >= 4 is 10.9 Å². The molecule has 0 saturated carbocycles. The lowest BCUT2D eigenvalue weighted by molar-refractivity contribution is 0.281. The average Bonchev–Trinajstić information content (AvgIpc) is 2.48. The van der Waals surface area contributed by atoms with Crippen LogP contribution in [0.25, 0.3) is 10.9 Å². The molecule has 0 saturated heterocycles. The van der Waals surface area contributed by atoms with E-state index in [2.05, 4.69) is 9.97 Å². The van der Waals surface area contributed by atoms with Crippen LogP contribution < -0.4 is 10.3 Å². The first kappa shape index (κ1) is 13.3. The minimum atomic E-state index is -0.441. The van der Waals surface area contributed by atoms with Gasteiger partial charge in [-0.05, 0) is 36.8 Å². The molecule has 0 aliphatic heterocycles. The Hall–Kier alpha value is -2.69. The summed E-state index contributed by atoms with van der Waals surface area (Å²) < 4.78 is 19.0. The summed E-state index contributed by atoms with van der Waals surface area (Å²) in [4.78, 5) is 18.8. The summed E-state index contributed by atoms with van der Waals surface area (Å²) in [5, 5.41) is 0.517. The number of benzene rings is 2. The van der Waals surface area contributed by atoms with Crippen LogP contribution in [0.5, 0.6) is 5.75 Å². The van der Waals surface area contributed by atoms with Crippen molar-refractivity contribution in [2.24, 2.45) is 0 Å². The van der Waals surface area contributed by atoms with Gasteiger partial charge >= 0.3 is 0 Å². The van der Waals surface area contributed by atoms with Crippen molar-refractivity contribution in [2.75, 3.05) is 0 Å². The van der Waals surface area contributed by atoms with Crippen LogP contribution in [0.3, 0.4) is 0 Å². The SMILES string of the molecule is Cc1ccc(F)c(OCc2nc3ccccc3c(=O)[nH]2)c1. The van der Waals surface area contributed by atoms with Crippen LogP contribution in [-0.2, 0) is 6.61 Å². The van der Waals surface area contributed by atoms with Crippen LogP contribution in [0.4, 0.5) is 4.39 Å². The maximum absolute atomic E-state index is 13.6. The van der Waals surface area contributed by atoms with Gasteiger partial charge in [-0.15, -0.1) is 0 Å². The van der Waals surface area contributed by atoms with Crippen LogP contribution in [0.1, 0.15) is 11.4 Å². The molecule has 0 spiro atoms. The van der Waals surface area contributed by atoms with Crippen molar-refractivity contribution in [3.8, 4) is 5.75 Å². The zero-order valence-electron chi connectivity index (χ0n) is 11.4. The molecule has 106 valence electrons. The van der Waals surface area contributed by atoms with Crippen LogP contribution in [0.15, 0.2) is 47.3 Å². The van der Waals surface area contributed by atoms with Crippen molar-refractivity contribution < 1.29 is 9.13 Å². The molecular weight excluding hydrogens is 271 g/mol. The molecule has 1 heterocycles. The zero-order chi connectivity index (χ0) is 14.8. The predicted octanol–water partition coefficient (Wildman–Crippen LogP) is 2.95. The molecule has 0 fully saturated rings. The summed E-state index contributed by atoms with van der Waals surface area (Å²) in [6.45, 7) is 1.85. The van der Waals surface area contributed by atoms with Gasteiger partial charge in [-0.3, -0.25) is 4.79 Å². The number of fused-ring (bicyclic) bond motifs is 1. The number of rotatable bonds is 3. The Morgan fingerprint density at radius 2 is 2.05 bits per heavy atom. The first-order valence-electron chi connectivity index (χ1n) is 6.50. The lowest BCUT2D eigenvalue weighted by Crippen LogP contribution is -2.13. The fraction of sp³-hybridized carbons (Fsp3) is 0.125. The van der Waals surface area contributed by atoms with E-state index in [0.717, 1.165) is 5.56 Å². The maximum atomic E-state index is 13.6. The number of aromatic nitrogens is 2. The molecule has 0 aliphatic rings. The van der Waals surface area contributed by atoms with Gasteiger partial charge < -0.3 is 9.72 Å². The molecular formula is C16H13FN2O2. The molecule has 21 heavy (non-hydrogen) atoms. The smallest absolute Gasteiger partial charge is 0.258 e. The number of nitrogens with zero attached hydrogens (tertiary/aromatic N) is 1. The van der Waals surface area contributed by atoms with E-state index in [4.69, 9.17) is 4.74 Å². The minimum absolute atomic E-state index is 0.000444. The average molecular weight is 284 g/mol. The van der Waals surface area contributed by atoms with E-state index in [0.29, 0.717) is 16.7 Å². The summed E-state index contributed by atoms with van der Waals surface area (Å²) >= 11 is 0. The third kappa shape index (κ3) is 2.76. The first-order valence-corrected chi connectivity index (χ1v) is 6.50. The van der Waals surface area contributed by atoms with Crippen molar-refractivity contribution in [1.82, 2.24) is 9.97 Å². The van der Waals surface area contributed by atoms with Gasteiger partial charge in [0.1, 0.15) is 12.4 Å². The van der Waals surface area contributed by atoms with E-state index in [1.165, 1.54) is 6.07 Å². The molecule has 2 aromatic carbocycles. The van der Waals surface area contributed by atoms with Gasteiger partial charge in [0.05, 0.1) is 10.9 Å². The molecule has 1 N–H and O–H groups in total. The predicted molar refractivity (Wildman–Crippen MR) is 77.8 cm³/mol. The van der Waals surface area contributed by atoms with E-state index in [1.54, 1.807) is 36.4 Å². The highest BCUT2D eigenvalue weighted by atomic mass is 19.1. The number of hydrogen-bond acceptors (Lipinski definition) is 3. The molecule has 3 aromatic rings. The summed E-state index contributed by atoms with van der Waals surface area (Å²) in [5.74, 6) is 0.0640. The van der Waals surface area contributed by atoms with Crippen molar-refractivity contribution in [3.63, 3.8) is 0 Å². The Bertz CT molecular complexity index is 858. The fourth-order valence-corrected chi connectivity index (χ4v) is 2.07. The highest BCUT2D eigenvalue weighted by molar-refractivity contribution is 5.77. The number of halogens is 1. The van der Waals surface area contributed by atoms with Gasteiger partial charge in [0.25, 0.3) is 5.56 Å². The quantitative estimate of drug-likeness (QED) is 0.804. The number of hydrogen-bond donors (Lipinski definition) is 1. The number of nitrogens with one attached hydrogen (secondary N) is 1. The lowest BCUT2D eigenvalue weighted by atomic mass is 10.2. The maximum Gasteiger partial charge on any atom is 0.258 e. The minimum Gasteiger partial charge on any atom is -0.483 e. The van der Waals surface area contributed by atoms with Gasteiger partial charge in [-0.1, -0.05) is 18.2 Å². The number of para-hydroxylation sites is 1. The molecule has 4 nitrogen and oxygen atoms in total. The van der Waals surface area contributed by atoms with E-state index in [-0.39, 0.29) is 17.9 Å². The van der Waals surface area contributed by atoms with Gasteiger partial charge in [0.15, 0.2) is 11.6 Å².